The molecule has 1 atom stereocenters. The molecule has 1 rings (SSSR count). The Labute approximate surface area is 92.6 Å². The molecule has 1 saturated heterocycles. The first-order chi connectivity index (χ1) is 6.55. The summed E-state index contributed by atoms with van der Waals surface area (Å²) in [5, 5.41) is 0. The van der Waals surface area contributed by atoms with Gasteiger partial charge in [-0.25, -0.2) is 0 Å². The van der Waals surface area contributed by atoms with Gasteiger partial charge in [0.05, 0.1) is 0 Å². The van der Waals surface area contributed by atoms with Crippen molar-refractivity contribution >= 4 is 11.8 Å². The molecule has 0 aliphatic carbocycles. The molecule has 84 valence electrons. The Balaban J connectivity index is 2.29. The lowest BCUT2D eigenvalue weighted by atomic mass is 9.89. The van der Waals surface area contributed by atoms with Crippen LogP contribution in [0.1, 0.15) is 27.2 Å². The van der Waals surface area contributed by atoms with E-state index in [1.165, 1.54) is 31.0 Å². The molecule has 2 nitrogen and oxygen atoms in total. The van der Waals surface area contributed by atoms with Crippen LogP contribution in [0.3, 0.4) is 0 Å². The van der Waals surface area contributed by atoms with Gasteiger partial charge in [-0.05, 0) is 31.8 Å². The molecule has 0 saturated carbocycles. The first kappa shape index (κ1) is 12.3. The minimum Gasteiger partial charge on any atom is -0.330 e. The van der Waals surface area contributed by atoms with Crippen molar-refractivity contribution in [1.82, 2.24) is 4.90 Å². The van der Waals surface area contributed by atoms with E-state index >= 15 is 0 Å². The van der Waals surface area contributed by atoms with Gasteiger partial charge in [0.25, 0.3) is 0 Å². The molecule has 0 spiro atoms. The largest absolute Gasteiger partial charge is 0.330 e. The zero-order valence-electron chi connectivity index (χ0n) is 9.75. The van der Waals surface area contributed by atoms with Gasteiger partial charge in [0.15, 0.2) is 0 Å². The lowest BCUT2D eigenvalue weighted by Crippen LogP contribution is -2.42. The molecular weight excluding hydrogens is 192 g/mol. The van der Waals surface area contributed by atoms with Crippen LogP contribution in [0.5, 0.6) is 0 Å². The van der Waals surface area contributed by atoms with Crippen LogP contribution in [0.4, 0.5) is 0 Å². The third-order valence-electron chi connectivity index (χ3n) is 3.13. The molecule has 0 radical (unpaired) electrons. The van der Waals surface area contributed by atoms with E-state index in [1.54, 1.807) is 0 Å². The van der Waals surface area contributed by atoms with E-state index in [0.29, 0.717) is 5.41 Å². The SMILES string of the molecule is CC1CSCCN1CCC(C)(C)CN. The number of thioether (sulfide) groups is 1. The van der Waals surface area contributed by atoms with Gasteiger partial charge >= 0.3 is 0 Å². The molecule has 0 aromatic heterocycles. The zero-order chi connectivity index (χ0) is 10.6. The van der Waals surface area contributed by atoms with Crippen LogP contribution in [0, 0.1) is 5.41 Å². The molecule has 3 heteroatoms. The second kappa shape index (κ2) is 5.38. The number of rotatable bonds is 4. The Morgan fingerprint density at radius 3 is 2.79 bits per heavy atom. The summed E-state index contributed by atoms with van der Waals surface area (Å²) in [6.45, 7) is 10.1. The Morgan fingerprint density at radius 1 is 1.50 bits per heavy atom. The topological polar surface area (TPSA) is 29.3 Å². The summed E-state index contributed by atoms with van der Waals surface area (Å²) in [5.41, 5.74) is 6.04. The summed E-state index contributed by atoms with van der Waals surface area (Å²) in [7, 11) is 0. The molecule has 0 aromatic rings. The predicted octanol–water partition coefficient (Wildman–Crippen LogP) is 1.80. The summed E-state index contributed by atoms with van der Waals surface area (Å²) >= 11 is 2.08. The van der Waals surface area contributed by atoms with Gasteiger partial charge in [-0.15, -0.1) is 0 Å². The number of nitrogens with two attached hydrogens (primary N) is 1. The molecular formula is C11H24N2S. The minimum atomic E-state index is 0.310. The highest BCUT2D eigenvalue weighted by Gasteiger charge is 2.22. The number of nitrogens with zero attached hydrogens (tertiary/aromatic N) is 1. The van der Waals surface area contributed by atoms with E-state index in [0.717, 1.165) is 12.6 Å². The molecule has 1 unspecified atom stereocenters. The van der Waals surface area contributed by atoms with E-state index in [1.807, 2.05) is 0 Å². The van der Waals surface area contributed by atoms with Crippen molar-refractivity contribution in [2.75, 3.05) is 31.1 Å². The van der Waals surface area contributed by atoms with Gasteiger partial charge in [0, 0.05) is 24.1 Å². The molecule has 1 aliphatic rings. The third-order valence-corrected chi connectivity index (χ3v) is 4.32. The van der Waals surface area contributed by atoms with E-state index < -0.39 is 0 Å². The second-order valence-corrected chi connectivity index (χ2v) is 6.23. The Morgan fingerprint density at radius 2 is 2.21 bits per heavy atom. The van der Waals surface area contributed by atoms with Crippen LogP contribution in [0.2, 0.25) is 0 Å². The van der Waals surface area contributed by atoms with Crippen LogP contribution in [-0.2, 0) is 0 Å². The first-order valence-corrected chi connectivity index (χ1v) is 6.72. The second-order valence-electron chi connectivity index (χ2n) is 5.08. The van der Waals surface area contributed by atoms with Crippen LogP contribution < -0.4 is 5.73 Å². The Hall–Kier alpha value is 0.270. The van der Waals surface area contributed by atoms with Gasteiger partial charge in [0.1, 0.15) is 0 Å². The molecule has 2 N–H and O–H groups in total. The van der Waals surface area contributed by atoms with Crippen molar-refractivity contribution in [2.24, 2.45) is 11.1 Å². The van der Waals surface area contributed by atoms with E-state index in [-0.39, 0.29) is 0 Å². The highest BCUT2D eigenvalue weighted by atomic mass is 32.2. The van der Waals surface area contributed by atoms with E-state index in [2.05, 4.69) is 37.4 Å². The Bertz CT molecular complexity index is 171. The maximum absolute atomic E-state index is 5.73. The van der Waals surface area contributed by atoms with Gasteiger partial charge in [0.2, 0.25) is 0 Å². The standard InChI is InChI=1S/C11H24N2S/c1-10-8-14-7-6-13(10)5-4-11(2,3)9-12/h10H,4-9,12H2,1-3H3. The molecule has 14 heavy (non-hydrogen) atoms. The zero-order valence-corrected chi connectivity index (χ0v) is 10.6. The lowest BCUT2D eigenvalue weighted by Gasteiger charge is -2.35. The monoisotopic (exact) mass is 216 g/mol. The summed E-state index contributed by atoms with van der Waals surface area (Å²) < 4.78 is 0. The highest BCUT2D eigenvalue weighted by molar-refractivity contribution is 7.99. The number of hydrogen-bond donors (Lipinski definition) is 1. The highest BCUT2D eigenvalue weighted by Crippen LogP contribution is 2.22. The molecule has 0 aromatic carbocycles. The van der Waals surface area contributed by atoms with Gasteiger partial charge < -0.3 is 5.73 Å². The maximum atomic E-state index is 5.73. The van der Waals surface area contributed by atoms with Crippen molar-refractivity contribution < 1.29 is 0 Å². The molecule has 1 aliphatic heterocycles. The fourth-order valence-corrected chi connectivity index (χ4v) is 2.72. The van der Waals surface area contributed by atoms with Gasteiger partial charge in [-0.3, -0.25) is 4.90 Å². The fourth-order valence-electron chi connectivity index (χ4n) is 1.64. The van der Waals surface area contributed by atoms with Crippen molar-refractivity contribution in [3.63, 3.8) is 0 Å². The Kier molecular flexibility index (Phi) is 4.74. The average molecular weight is 216 g/mol. The smallest absolute Gasteiger partial charge is 0.0158 e. The van der Waals surface area contributed by atoms with Crippen LogP contribution >= 0.6 is 11.8 Å². The van der Waals surface area contributed by atoms with Crippen molar-refractivity contribution in [3.05, 3.63) is 0 Å². The first-order valence-electron chi connectivity index (χ1n) is 5.57. The van der Waals surface area contributed by atoms with Crippen LogP contribution in [-0.4, -0.2) is 42.1 Å². The normalized spacial score (nSPS) is 25.3. The van der Waals surface area contributed by atoms with Crippen LogP contribution in [0.25, 0.3) is 0 Å². The van der Waals surface area contributed by atoms with Crippen molar-refractivity contribution in [3.8, 4) is 0 Å². The summed E-state index contributed by atoms with van der Waals surface area (Å²) in [5.74, 6) is 2.59. The van der Waals surface area contributed by atoms with Gasteiger partial charge in [-0.1, -0.05) is 13.8 Å². The summed E-state index contributed by atoms with van der Waals surface area (Å²) in [6.07, 6.45) is 1.22. The maximum Gasteiger partial charge on any atom is 0.0158 e. The molecule has 1 heterocycles. The lowest BCUT2D eigenvalue weighted by molar-refractivity contribution is 0.192. The van der Waals surface area contributed by atoms with Crippen LogP contribution in [0.15, 0.2) is 0 Å². The fraction of sp³-hybridized carbons (Fsp3) is 1.00. The summed E-state index contributed by atoms with van der Waals surface area (Å²) in [6, 6.07) is 0.752. The molecule has 0 amide bonds. The van der Waals surface area contributed by atoms with Crippen molar-refractivity contribution in [2.45, 2.75) is 33.2 Å². The van der Waals surface area contributed by atoms with Crippen molar-refractivity contribution in [1.29, 1.82) is 0 Å². The van der Waals surface area contributed by atoms with Gasteiger partial charge in [-0.2, -0.15) is 11.8 Å². The third kappa shape index (κ3) is 3.79. The van der Waals surface area contributed by atoms with E-state index in [9.17, 15) is 0 Å². The minimum absolute atomic E-state index is 0.310. The molecule has 0 bridgehead atoms. The molecule has 1 fully saturated rings. The average Bonchev–Trinajstić information content (AvgIpc) is 2.17. The summed E-state index contributed by atoms with van der Waals surface area (Å²) in [4.78, 5) is 2.61. The predicted molar refractivity (Wildman–Crippen MR) is 65.8 cm³/mol. The quantitative estimate of drug-likeness (QED) is 0.777. The van der Waals surface area contributed by atoms with E-state index in [4.69, 9.17) is 5.73 Å². The number of hydrogen-bond acceptors (Lipinski definition) is 3.